The highest BCUT2D eigenvalue weighted by Gasteiger charge is 2.16. The first-order valence-corrected chi connectivity index (χ1v) is 9.84. The first-order chi connectivity index (χ1) is 13.8. The van der Waals surface area contributed by atoms with Crippen LogP contribution in [0.4, 0.5) is 5.69 Å². The third kappa shape index (κ3) is 6.04. The largest absolute Gasteiger partial charge is 0.493 e. The predicted octanol–water partition coefficient (Wildman–Crippen LogP) is 6.38. The van der Waals surface area contributed by atoms with Crippen molar-refractivity contribution >= 4 is 52.5 Å². The Morgan fingerprint density at radius 3 is 2.55 bits per heavy atom. The summed E-state index contributed by atoms with van der Waals surface area (Å²) in [5.41, 5.74) is 0.720. The highest BCUT2D eigenvalue weighted by molar-refractivity contribution is 6.37. The Morgan fingerprint density at radius 1 is 1.24 bits per heavy atom. The number of halogens is 3. The van der Waals surface area contributed by atoms with Crippen molar-refractivity contribution in [1.82, 2.24) is 0 Å². The number of hydrogen-bond acceptors (Lipinski definition) is 4. The van der Waals surface area contributed by atoms with Gasteiger partial charge in [0.05, 0.1) is 28.9 Å². The van der Waals surface area contributed by atoms with Gasteiger partial charge in [0.1, 0.15) is 11.6 Å². The minimum absolute atomic E-state index is 0.0487. The van der Waals surface area contributed by atoms with Gasteiger partial charge in [0.2, 0.25) is 0 Å². The van der Waals surface area contributed by atoms with Crippen LogP contribution in [0.3, 0.4) is 0 Å². The Bertz CT molecular complexity index is 984. The van der Waals surface area contributed by atoms with Crippen molar-refractivity contribution in [3.63, 3.8) is 0 Å². The number of nitriles is 1. The summed E-state index contributed by atoms with van der Waals surface area (Å²) in [6.07, 6.45) is 2.15. The second-order valence-electron chi connectivity index (χ2n) is 6.12. The fourth-order valence-corrected chi connectivity index (χ4v) is 3.04. The average molecular weight is 454 g/mol. The molecule has 1 unspecified atom stereocenters. The second-order valence-corrected chi connectivity index (χ2v) is 7.37. The van der Waals surface area contributed by atoms with Crippen LogP contribution in [0, 0.1) is 11.3 Å². The third-order valence-electron chi connectivity index (χ3n) is 4.00. The van der Waals surface area contributed by atoms with Gasteiger partial charge in [-0.05, 0) is 55.3 Å². The Kier molecular flexibility index (Phi) is 8.21. The molecule has 0 aliphatic carbocycles. The van der Waals surface area contributed by atoms with Crippen molar-refractivity contribution in [3.05, 3.63) is 56.5 Å². The highest BCUT2D eigenvalue weighted by Crippen LogP contribution is 2.38. The maximum Gasteiger partial charge on any atom is 0.266 e. The van der Waals surface area contributed by atoms with Crippen molar-refractivity contribution in [2.75, 3.05) is 12.4 Å². The van der Waals surface area contributed by atoms with Crippen LogP contribution in [0.5, 0.6) is 11.5 Å². The van der Waals surface area contributed by atoms with Crippen LogP contribution in [0.15, 0.2) is 35.9 Å². The Hall–Kier alpha value is -2.39. The first-order valence-electron chi connectivity index (χ1n) is 8.71. The first kappa shape index (κ1) is 22.9. The van der Waals surface area contributed by atoms with Crippen LogP contribution in [0.2, 0.25) is 15.1 Å². The van der Waals surface area contributed by atoms with Gasteiger partial charge >= 0.3 is 0 Å². The number of anilines is 1. The number of carbonyl (C=O) groups is 1. The highest BCUT2D eigenvalue weighted by atomic mass is 35.5. The van der Waals surface area contributed by atoms with Crippen LogP contribution in [-0.4, -0.2) is 19.1 Å². The lowest BCUT2D eigenvalue weighted by atomic mass is 10.1. The van der Waals surface area contributed by atoms with Gasteiger partial charge in [0.25, 0.3) is 5.91 Å². The molecule has 2 aromatic carbocycles. The molecule has 0 aliphatic rings. The Balaban J connectivity index is 2.33. The number of rotatable bonds is 7. The van der Waals surface area contributed by atoms with E-state index in [9.17, 15) is 10.1 Å². The second kappa shape index (κ2) is 10.4. The fourth-order valence-electron chi connectivity index (χ4n) is 2.32. The maximum absolute atomic E-state index is 12.5. The molecule has 5 nitrogen and oxygen atoms in total. The van der Waals surface area contributed by atoms with E-state index in [1.54, 1.807) is 24.3 Å². The Labute approximate surface area is 184 Å². The van der Waals surface area contributed by atoms with Gasteiger partial charge in [-0.25, -0.2) is 0 Å². The fraction of sp³-hybridized carbons (Fsp3) is 0.238. The average Bonchev–Trinajstić information content (AvgIpc) is 2.69. The molecule has 0 radical (unpaired) electrons. The van der Waals surface area contributed by atoms with Crippen LogP contribution in [0.1, 0.15) is 25.8 Å². The van der Waals surface area contributed by atoms with Crippen molar-refractivity contribution in [1.29, 1.82) is 5.26 Å². The molecule has 0 aliphatic heterocycles. The summed E-state index contributed by atoms with van der Waals surface area (Å²) in [5, 5.41) is 13.0. The van der Waals surface area contributed by atoms with Gasteiger partial charge in [-0.1, -0.05) is 41.7 Å². The predicted molar refractivity (Wildman–Crippen MR) is 117 cm³/mol. The monoisotopic (exact) mass is 452 g/mol. The van der Waals surface area contributed by atoms with Crippen molar-refractivity contribution < 1.29 is 14.3 Å². The van der Waals surface area contributed by atoms with Gasteiger partial charge in [0, 0.05) is 5.02 Å². The molecular formula is C21H19Cl3N2O3. The number of nitrogens with one attached hydrogen (secondary N) is 1. The third-order valence-corrected chi connectivity index (χ3v) is 4.83. The maximum atomic E-state index is 12.5. The number of amides is 1. The molecule has 1 N–H and O–H groups in total. The SMILES string of the molecule is CCC(C)Oc1c(Cl)cc(C=C(C#N)C(=O)Nc2ccc(Cl)cc2Cl)cc1OC. The smallest absolute Gasteiger partial charge is 0.266 e. The van der Waals surface area contributed by atoms with Crippen molar-refractivity contribution in [2.45, 2.75) is 26.4 Å². The summed E-state index contributed by atoms with van der Waals surface area (Å²) in [7, 11) is 1.49. The van der Waals surface area contributed by atoms with Crippen LogP contribution in [-0.2, 0) is 4.79 Å². The molecule has 29 heavy (non-hydrogen) atoms. The number of nitrogens with zero attached hydrogens (tertiary/aromatic N) is 1. The molecule has 0 aromatic heterocycles. The topological polar surface area (TPSA) is 71.3 Å². The minimum Gasteiger partial charge on any atom is -0.493 e. The molecule has 8 heteroatoms. The molecule has 1 amide bonds. The number of hydrogen-bond donors (Lipinski definition) is 1. The summed E-state index contributed by atoms with van der Waals surface area (Å²) < 4.78 is 11.2. The van der Waals surface area contributed by atoms with Gasteiger partial charge in [-0.2, -0.15) is 5.26 Å². The molecule has 0 saturated heterocycles. The molecule has 0 fully saturated rings. The lowest BCUT2D eigenvalue weighted by molar-refractivity contribution is -0.112. The molecule has 1 atom stereocenters. The quantitative estimate of drug-likeness (QED) is 0.390. The zero-order chi connectivity index (χ0) is 21.6. The summed E-state index contributed by atoms with van der Waals surface area (Å²) in [5.74, 6) is 0.200. The summed E-state index contributed by atoms with van der Waals surface area (Å²) in [6.45, 7) is 3.91. The minimum atomic E-state index is -0.619. The molecular weight excluding hydrogens is 435 g/mol. The normalized spacial score (nSPS) is 12.1. The van der Waals surface area contributed by atoms with Gasteiger partial charge in [0.15, 0.2) is 11.5 Å². The van der Waals surface area contributed by atoms with E-state index in [0.717, 1.165) is 6.42 Å². The molecule has 0 saturated carbocycles. The van der Waals surface area contributed by atoms with Crippen LogP contribution >= 0.6 is 34.8 Å². The van der Waals surface area contributed by atoms with Crippen LogP contribution in [0.25, 0.3) is 6.08 Å². The van der Waals surface area contributed by atoms with Gasteiger partial charge in [-0.3, -0.25) is 4.79 Å². The van der Waals surface area contributed by atoms with E-state index in [1.165, 1.54) is 19.3 Å². The van der Waals surface area contributed by atoms with E-state index >= 15 is 0 Å². The molecule has 0 spiro atoms. The summed E-state index contributed by atoms with van der Waals surface area (Å²) in [4.78, 5) is 12.5. The summed E-state index contributed by atoms with van der Waals surface area (Å²) in [6, 6.07) is 9.75. The molecule has 0 bridgehead atoms. The standard InChI is InChI=1S/C21H19Cl3N2O3/c1-4-12(2)29-20-17(24)8-13(9-19(20)28-3)7-14(11-25)21(27)26-18-6-5-15(22)10-16(18)23/h5-10,12H,4H2,1-3H3,(H,26,27). The van der Waals surface area contributed by atoms with E-state index < -0.39 is 5.91 Å². The zero-order valence-corrected chi connectivity index (χ0v) is 18.3. The van der Waals surface area contributed by atoms with E-state index in [1.807, 2.05) is 19.9 Å². The Morgan fingerprint density at radius 2 is 1.97 bits per heavy atom. The number of ether oxygens (including phenoxy) is 2. The molecule has 152 valence electrons. The summed E-state index contributed by atoms with van der Waals surface area (Å²) >= 11 is 18.3. The molecule has 2 aromatic rings. The van der Waals surface area contributed by atoms with E-state index in [-0.39, 0.29) is 16.7 Å². The van der Waals surface area contributed by atoms with Crippen molar-refractivity contribution in [2.24, 2.45) is 0 Å². The van der Waals surface area contributed by atoms with E-state index in [0.29, 0.717) is 32.8 Å². The van der Waals surface area contributed by atoms with Gasteiger partial charge in [-0.15, -0.1) is 0 Å². The molecule has 2 rings (SSSR count). The van der Waals surface area contributed by atoms with E-state index in [2.05, 4.69) is 5.32 Å². The lowest BCUT2D eigenvalue weighted by Gasteiger charge is -2.17. The number of methoxy groups -OCH3 is 1. The number of carbonyl (C=O) groups excluding carboxylic acids is 1. The van der Waals surface area contributed by atoms with Crippen molar-refractivity contribution in [3.8, 4) is 17.6 Å². The van der Waals surface area contributed by atoms with E-state index in [4.69, 9.17) is 44.3 Å². The number of benzene rings is 2. The molecule has 0 heterocycles. The lowest BCUT2D eigenvalue weighted by Crippen LogP contribution is -2.13. The van der Waals surface area contributed by atoms with Crippen LogP contribution < -0.4 is 14.8 Å². The van der Waals surface area contributed by atoms with Gasteiger partial charge < -0.3 is 14.8 Å². The zero-order valence-electron chi connectivity index (χ0n) is 16.1.